The number of phosphoric acid groups is 1. The van der Waals surface area contributed by atoms with Crippen LogP contribution >= 0.6 is 7.82 Å². The van der Waals surface area contributed by atoms with Gasteiger partial charge in [-0.3, -0.25) is 4.52 Å². The van der Waals surface area contributed by atoms with Gasteiger partial charge in [0.05, 0.1) is 6.61 Å². The Hall–Kier alpha value is -1.92. The predicted octanol–water partition coefficient (Wildman–Crippen LogP) is -1.32. The molecule has 4 N–H and O–H groups in total. The minimum atomic E-state index is -4.73. The average Bonchev–Trinajstić information content (AvgIpc) is 3.11. The highest BCUT2D eigenvalue weighted by molar-refractivity contribution is 7.46. The number of hydrogen-bond acceptors (Lipinski definition) is 8. The molecule has 0 radical (unpaired) electrons. The highest BCUT2D eigenvalue weighted by atomic mass is 31.2. The van der Waals surface area contributed by atoms with Crippen LogP contribution < -0.4 is 9.58 Å². The summed E-state index contributed by atoms with van der Waals surface area (Å²) in [4.78, 5) is 22.0. The molecule has 12 nitrogen and oxygen atoms in total. The summed E-state index contributed by atoms with van der Waals surface area (Å²) in [6.45, 7) is 1.24. The largest absolute Gasteiger partial charge is 0.469 e. The van der Waals surface area contributed by atoms with E-state index in [0.29, 0.717) is 11.5 Å². The van der Waals surface area contributed by atoms with Crippen molar-refractivity contribution in [2.75, 3.05) is 18.7 Å². The monoisotopic (exact) mass is 400 g/mol. The quantitative estimate of drug-likeness (QED) is 0.362. The number of aromatic nitrogens is 3. The van der Waals surface area contributed by atoms with Crippen molar-refractivity contribution in [1.29, 1.82) is 0 Å². The molecular formula is C14H19N5O7P+. The molecule has 2 aromatic heterocycles. The molecule has 4 heterocycles. The van der Waals surface area contributed by atoms with E-state index in [0.717, 1.165) is 11.2 Å². The average molecular weight is 400 g/mol. The number of pyridine rings is 1. The number of aliphatic hydroxyl groups is 2. The molecule has 13 heteroatoms. The first kappa shape index (κ1) is 18.4. The Balaban J connectivity index is 1.72. The predicted molar refractivity (Wildman–Crippen MR) is 90.8 cm³/mol. The number of ether oxygens (including phenoxy) is 1. The van der Waals surface area contributed by atoms with E-state index in [1.807, 2.05) is 6.92 Å². The number of hydrogen-bond donors (Lipinski definition) is 4. The van der Waals surface area contributed by atoms with Crippen molar-refractivity contribution in [3.8, 4) is 0 Å². The molecular weight excluding hydrogens is 381 g/mol. The van der Waals surface area contributed by atoms with Gasteiger partial charge in [0.25, 0.3) is 5.84 Å². The normalized spacial score (nSPS) is 28.1. The lowest BCUT2D eigenvalue weighted by Gasteiger charge is -2.14. The molecule has 27 heavy (non-hydrogen) atoms. The number of hydrazone groups is 1. The Kier molecular flexibility index (Phi) is 4.31. The number of imidazole rings is 1. The fourth-order valence-electron chi connectivity index (χ4n) is 3.37. The minimum Gasteiger partial charge on any atom is -0.387 e. The van der Waals surface area contributed by atoms with E-state index in [4.69, 9.17) is 14.5 Å². The Morgan fingerprint density at radius 3 is 2.81 bits per heavy atom. The van der Waals surface area contributed by atoms with Crippen LogP contribution in [0.4, 0.5) is 5.69 Å². The molecule has 0 spiro atoms. The van der Waals surface area contributed by atoms with Gasteiger partial charge in [0.15, 0.2) is 11.8 Å². The van der Waals surface area contributed by atoms with Gasteiger partial charge in [-0.1, -0.05) is 0 Å². The molecule has 1 fully saturated rings. The highest BCUT2D eigenvalue weighted by Gasteiger charge is 2.47. The van der Waals surface area contributed by atoms with Crippen LogP contribution in [0.1, 0.15) is 13.2 Å². The molecule has 0 aromatic carbocycles. The van der Waals surface area contributed by atoms with Gasteiger partial charge in [-0.05, 0) is 11.2 Å². The minimum absolute atomic E-state index is 0.501. The van der Waals surface area contributed by atoms with E-state index < -0.39 is 39.0 Å². The maximum absolute atomic E-state index is 10.9. The van der Waals surface area contributed by atoms with Crippen molar-refractivity contribution in [3.63, 3.8) is 0 Å². The summed E-state index contributed by atoms with van der Waals surface area (Å²) >= 11 is 0. The van der Waals surface area contributed by atoms with Crippen LogP contribution in [0.2, 0.25) is 0 Å². The van der Waals surface area contributed by atoms with Crippen LogP contribution in [0.25, 0.3) is 11.2 Å². The molecule has 1 unspecified atom stereocenters. The zero-order valence-corrected chi connectivity index (χ0v) is 15.3. The standard InChI is InChI=1S/C14H18N5O7P/c1-7-16-17(2)8-3-4-15-13-10(8)18(7)6-19(13)14-12(21)11(20)9(26-14)5-25-27(22,23)24/h3-4,6,9,11-12,14,20-21H,5H2,1-2H3,(H-,22,23,24)/p+1/t9-,11?,12-,14-/m1/s1. The number of aliphatic hydroxyl groups excluding tert-OH is 2. The summed E-state index contributed by atoms with van der Waals surface area (Å²) in [5, 5.41) is 26.8. The van der Waals surface area contributed by atoms with Gasteiger partial charge < -0.3 is 24.7 Å². The van der Waals surface area contributed by atoms with Crippen LogP contribution in [0, 0.1) is 0 Å². The van der Waals surface area contributed by atoms with Crippen molar-refractivity contribution in [2.24, 2.45) is 5.10 Å². The van der Waals surface area contributed by atoms with Crippen molar-refractivity contribution in [3.05, 3.63) is 18.6 Å². The zero-order valence-electron chi connectivity index (χ0n) is 14.4. The van der Waals surface area contributed by atoms with Crippen molar-refractivity contribution < 1.29 is 38.4 Å². The summed E-state index contributed by atoms with van der Waals surface area (Å²) in [6.07, 6.45) is -1.63. The van der Waals surface area contributed by atoms with Gasteiger partial charge in [-0.2, -0.15) is 4.57 Å². The van der Waals surface area contributed by atoms with Gasteiger partial charge in [-0.25, -0.2) is 19.1 Å². The SMILES string of the molecule is CC1=NN(C)c2ccnc3c2[n+]1cn3[C@@H]1O[C@H](COP(=O)(O)O)C(O)[C@H]1O. The van der Waals surface area contributed by atoms with E-state index in [1.165, 1.54) is 0 Å². The topological polar surface area (TPSA) is 154 Å². The molecule has 4 rings (SSSR count). The highest BCUT2D eigenvalue weighted by Crippen LogP contribution is 2.39. The number of rotatable bonds is 4. The van der Waals surface area contributed by atoms with Crippen LogP contribution in [-0.2, 0) is 13.8 Å². The summed E-state index contributed by atoms with van der Waals surface area (Å²) in [7, 11) is -2.92. The Labute approximate surface area is 153 Å². The van der Waals surface area contributed by atoms with Crippen LogP contribution in [0.5, 0.6) is 0 Å². The van der Waals surface area contributed by atoms with E-state index in [1.54, 1.807) is 39.8 Å². The third-order valence-electron chi connectivity index (χ3n) is 4.62. The van der Waals surface area contributed by atoms with Gasteiger partial charge in [0.2, 0.25) is 11.9 Å². The lowest BCUT2D eigenvalue weighted by atomic mass is 10.1. The smallest absolute Gasteiger partial charge is 0.387 e. The number of anilines is 1. The lowest BCUT2D eigenvalue weighted by Crippen LogP contribution is -2.44. The summed E-state index contributed by atoms with van der Waals surface area (Å²) < 4.78 is 24.3. The second-order valence-electron chi connectivity index (χ2n) is 6.40. The van der Waals surface area contributed by atoms with E-state index in [-0.39, 0.29) is 0 Å². The first-order valence-corrected chi connectivity index (χ1v) is 9.62. The molecule has 2 aromatic rings. The zero-order chi connectivity index (χ0) is 19.5. The van der Waals surface area contributed by atoms with E-state index >= 15 is 0 Å². The van der Waals surface area contributed by atoms with Crippen LogP contribution in [-0.4, -0.2) is 67.4 Å². The molecule has 0 bridgehead atoms. The fourth-order valence-corrected chi connectivity index (χ4v) is 3.71. The van der Waals surface area contributed by atoms with E-state index in [9.17, 15) is 14.8 Å². The Morgan fingerprint density at radius 2 is 2.11 bits per heavy atom. The first-order chi connectivity index (χ1) is 12.7. The molecule has 4 atom stereocenters. The summed E-state index contributed by atoms with van der Waals surface area (Å²) in [6, 6.07) is 1.80. The van der Waals surface area contributed by atoms with Gasteiger partial charge >= 0.3 is 7.82 Å². The molecule has 0 amide bonds. The molecule has 1 saturated heterocycles. The molecule has 0 saturated carbocycles. The second-order valence-corrected chi connectivity index (χ2v) is 7.64. The second kappa shape index (κ2) is 6.31. The van der Waals surface area contributed by atoms with Gasteiger partial charge in [0, 0.05) is 20.2 Å². The van der Waals surface area contributed by atoms with Crippen molar-refractivity contribution in [2.45, 2.75) is 31.5 Å². The Morgan fingerprint density at radius 1 is 1.37 bits per heavy atom. The van der Waals surface area contributed by atoms with Crippen LogP contribution in [0.3, 0.4) is 0 Å². The third-order valence-corrected chi connectivity index (χ3v) is 5.10. The number of phosphoric ester groups is 1. The van der Waals surface area contributed by atoms with Gasteiger partial charge in [0.1, 0.15) is 24.0 Å². The Bertz CT molecular complexity index is 972. The maximum atomic E-state index is 10.9. The lowest BCUT2D eigenvalue weighted by molar-refractivity contribution is -0.529. The third kappa shape index (κ3) is 3.05. The maximum Gasteiger partial charge on any atom is 0.469 e. The van der Waals surface area contributed by atoms with Crippen molar-refractivity contribution in [1.82, 2.24) is 9.55 Å². The molecule has 2 aliphatic rings. The first-order valence-electron chi connectivity index (χ1n) is 8.09. The van der Waals surface area contributed by atoms with E-state index in [2.05, 4.69) is 14.6 Å². The summed E-state index contributed by atoms with van der Waals surface area (Å²) in [5.41, 5.74) is 2.06. The van der Waals surface area contributed by atoms with Crippen LogP contribution in [0.15, 0.2) is 23.7 Å². The van der Waals surface area contributed by atoms with Gasteiger partial charge in [-0.15, -0.1) is 0 Å². The fraction of sp³-hybridized carbons (Fsp3) is 0.500. The summed E-state index contributed by atoms with van der Waals surface area (Å²) in [5.74, 6) is 0.677. The molecule has 2 aliphatic heterocycles. The number of nitrogens with zero attached hydrogens (tertiary/aromatic N) is 5. The molecule has 146 valence electrons. The van der Waals surface area contributed by atoms with Crippen molar-refractivity contribution >= 4 is 30.5 Å². The molecule has 0 aliphatic carbocycles.